The molecule has 0 radical (unpaired) electrons. The maximum Gasteiger partial charge on any atom is 0.129 e. The molecule has 1 aromatic rings. The monoisotopic (exact) mass is 276 g/mol. The Morgan fingerprint density at radius 2 is 2.10 bits per heavy atom. The molecule has 3 heterocycles. The van der Waals surface area contributed by atoms with Gasteiger partial charge in [-0.3, -0.25) is 4.90 Å². The van der Waals surface area contributed by atoms with Crippen molar-refractivity contribution in [3.8, 4) is 0 Å². The van der Waals surface area contributed by atoms with Crippen molar-refractivity contribution in [3.05, 3.63) is 23.4 Å². The summed E-state index contributed by atoms with van der Waals surface area (Å²) < 4.78 is 5.44. The first-order valence-corrected chi connectivity index (χ1v) is 7.50. The van der Waals surface area contributed by atoms with Crippen molar-refractivity contribution in [1.82, 2.24) is 9.88 Å². The molecule has 5 heteroatoms. The van der Waals surface area contributed by atoms with Crippen molar-refractivity contribution in [2.45, 2.75) is 25.9 Å². The third-order valence-electron chi connectivity index (χ3n) is 4.28. The first kappa shape index (κ1) is 13.8. The number of rotatable bonds is 3. The highest BCUT2D eigenvalue weighted by molar-refractivity contribution is 5.44. The van der Waals surface area contributed by atoms with Gasteiger partial charge in [0.05, 0.1) is 13.2 Å². The van der Waals surface area contributed by atoms with E-state index in [4.69, 9.17) is 10.5 Å². The van der Waals surface area contributed by atoms with Crippen LogP contribution < -0.4 is 10.6 Å². The largest absolute Gasteiger partial charge is 0.379 e. The summed E-state index contributed by atoms with van der Waals surface area (Å²) in [6.45, 7) is 8.65. The van der Waals surface area contributed by atoms with Crippen LogP contribution in [0.5, 0.6) is 0 Å². The Balaban J connectivity index is 1.68. The second-order valence-electron chi connectivity index (χ2n) is 5.72. The molecule has 1 aromatic heterocycles. The van der Waals surface area contributed by atoms with Gasteiger partial charge in [0.25, 0.3) is 0 Å². The van der Waals surface area contributed by atoms with E-state index in [0.717, 1.165) is 50.9 Å². The van der Waals surface area contributed by atoms with E-state index in [1.807, 2.05) is 6.92 Å². The van der Waals surface area contributed by atoms with E-state index in [1.54, 1.807) is 0 Å². The van der Waals surface area contributed by atoms with Crippen molar-refractivity contribution in [1.29, 1.82) is 0 Å². The number of hydrogen-bond acceptors (Lipinski definition) is 5. The van der Waals surface area contributed by atoms with Crippen molar-refractivity contribution >= 4 is 5.82 Å². The Bertz CT molecular complexity index is 459. The molecule has 0 bridgehead atoms. The topological polar surface area (TPSA) is 54.6 Å². The number of nitrogens with zero attached hydrogens (tertiary/aromatic N) is 3. The SMILES string of the molecule is Cc1cc(CN)cc(N2CCC(N3CCOCC3)C2)n1. The van der Waals surface area contributed by atoms with Gasteiger partial charge in [-0.25, -0.2) is 4.98 Å². The van der Waals surface area contributed by atoms with Crippen LogP contribution in [0.2, 0.25) is 0 Å². The minimum absolute atomic E-state index is 0.580. The van der Waals surface area contributed by atoms with Gasteiger partial charge < -0.3 is 15.4 Å². The summed E-state index contributed by atoms with van der Waals surface area (Å²) in [5.41, 5.74) is 7.98. The molecule has 2 N–H and O–H groups in total. The highest BCUT2D eigenvalue weighted by atomic mass is 16.5. The first-order chi connectivity index (χ1) is 9.76. The van der Waals surface area contributed by atoms with Crippen LogP contribution in [0.1, 0.15) is 17.7 Å². The van der Waals surface area contributed by atoms with Crippen LogP contribution >= 0.6 is 0 Å². The molecule has 3 rings (SSSR count). The van der Waals surface area contributed by atoms with Gasteiger partial charge in [0.2, 0.25) is 0 Å². The van der Waals surface area contributed by atoms with E-state index in [1.165, 1.54) is 12.0 Å². The molecule has 1 unspecified atom stereocenters. The van der Waals surface area contributed by atoms with Crippen molar-refractivity contribution in [2.75, 3.05) is 44.3 Å². The number of pyridine rings is 1. The van der Waals surface area contributed by atoms with Crippen molar-refractivity contribution in [3.63, 3.8) is 0 Å². The molecule has 0 aromatic carbocycles. The Kier molecular flexibility index (Phi) is 4.19. The van der Waals surface area contributed by atoms with Gasteiger partial charge in [0, 0.05) is 44.5 Å². The van der Waals surface area contributed by atoms with E-state index in [-0.39, 0.29) is 0 Å². The van der Waals surface area contributed by atoms with Gasteiger partial charge in [-0.1, -0.05) is 0 Å². The lowest BCUT2D eigenvalue weighted by atomic mass is 10.2. The standard InChI is InChI=1S/C15H24N4O/c1-12-8-13(10-16)9-15(17-12)19-3-2-14(11-19)18-4-6-20-7-5-18/h8-9,14H,2-7,10-11,16H2,1H3. The Hall–Kier alpha value is -1.17. The fourth-order valence-corrected chi connectivity index (χ4v) is 3.19. The molecule has 2 fully saturated rings. The predicted octanol–water partition coefficient (Wildman–Crippen LogP) is 0.760. The average molecular weight is 276 g/mol. The number of aryl methyl sites for hydroxylation is 1. The normalized spacial score (nSPS) is 24.3. The van der Waals surface area contributed by atoms with E-state index in [0.29, 0.717) is 12.6 Å². The van der Waals surface area contributed by atoms with Gasteiger partial charge in [-0.2, -0.15) is 0 Å². The smallest absolute Gasteiger partial charge is 0.129 e. The van der Waals surface area contributed by atoms with Gasteiger partial charge in [0.1, 0.15) is 5.82 Å². The maximum atomic E-state index is 5.76. The lowest BCUT2D eigenvalue weighted by molar-refractivity contribution is 0.0209. The number of anilines is 1. The van der Waals surface area contributed by atoms with E-state index >= 15 is 0 Å². The minimum Gasteiger partial charge on any atom is -0.379 e. The molecular weight excluding hydrogens is 252 g/mol. The average Bonchev–Trinajstić information content (AvgIpc) is 2.97. The fraction of sp³-hybridized carbons (Fsp3) is 0.667. The van der Waals surface area contributed by atoms with Crippen LogP contribution in [-0.4, -0.2) is 55.3 Å². The summed E-state index contributed by atoms with van der Waals surface area (Å²) in [6.07, 6.45) is 1.22. The zero-order valence-electron chi connectivity index (χ0n) is 12.2. The molecular formula is C15H24N4O. The molecule has 0 spiro atoms. The molecule has 0 saturated carbocycles. The van der Waals surface area contributed by atoms with Crippen LogP contribution in [0.25, 0.3) is 0 Å². The summed E-state index contributed by atoms with van der Waals surface area (Å²) in [4.78, 5) is 9.62. The Morgan fingerprint density at radius 3 is 2.85 bits per heavy atom. The molecule has 20 heavy (non-hydrogen) atoms. The fourth-order valence-electron chi connectivity index (χ4n) is 3.19. The molecule has 0 amide bonds. The van der Waals surface area contributed by atoms with Crippen LogP contribution in [0, 0.1) is 6.92 Å². The molecule has 2 aliphatic heterocycles. The molecule has 2 saturated heterocycles. The highest BCUT2D eigenvalue weighted by Gasteiger charge is 2.29. The molecule has 110 valence electrons. The Morgan fingerprint density at radius 1 is 1.30 bits per heavy atom. The lowest BCUT2D eigenvalue weighted by Gasteiger charge is -2.32. The second kappa shape index (κ2) is 6.08. The van der Waals surface area contributed by atoms with Crippen LogP contribution in [0.15, 0.2) is 12.1 Å². The van der Waals surface area contributed by atoms with Crippen LogP contribution in [-0.2, 0) is 11.3 Å². The number of morpholine rings is 1. The quantitative estimate of drug-likeness (QED) is 0.883. The van der Waals surface area contributed by atoms with Crippen LogP contribution in [0.3, 0.4) is 0 Å². The van der Waals surface area contributed by atoms with Gasteiger partial charge in [-0.15, -0.1) is 0 Å². The van der Waals surface area contributed by atoms with Crippen LogP contribution in [0.4, 0.5) is 5.82 Å². The van der Waals surface area contributed by atoms with Crippen molar-refractivity contribution in [2.24, 2.45) is 5.73 Å². The third kappa shape index (κ3) is 2.95. The summed E-state index contributed by atoms with van der Waals surface area (Å²) >= 11 is 0. The van der Waals surface area contributed by atoms with Gasteiger partial charge in [-0.05, 0) is 31.0 Å². The van der Waals surface area contributed by atoms with Gasteiger partial charge >= 0.3 is 0 Å². The predicted molar refractivity (Wildman–Crippen MR) is 79.9 cm³/mol. The third-order valence-corrected chi connectivity index (χ3v) is 4.28. The maximum absolute atomic E-state index is 5.76. The number of nitrogens with two attached hydrogens (primary N) is 1. The first-order valence-electron chi connectivity index (χ1n) is 7.50. The van der Waals surface area contributed by atoms with E-state index in [2.05, 4.69) is 26.9 Å². The summed E-state index contributed by atoms with van der Waals surface area (Å²) in [5.74, 6) is 1.08. The zero-order valence-corrected chi connectivity index (χ0v) is 12.2. The number of hydrogen-bond donors (Lipinski definition) is 1. The number of aromatic nitrogens is 1. The summed E-state index contributed by atoms with van der Waals surface area (Å²) in [6, 6.07) is 4.84. The lowest BCUT2D eigenvalue weighted by Crippen LogP contribution is -2.44. The Labute approximate surface area is 120 Å². The van der Waals surface area contributed by atoms with Crippen molar-refractivity contribution < 1.29 is 4.74 Å². The van der Waals surface area contributed by atoms with E-state index < -0.39 is 0 Å². The summed E-state index contributed by atoms with van der Waals surface area (Å²) in [5, 5.41) is 0. The molecule has 5 nitrogen and oxygen atoms in total. The molecule has 1 atom stereocenters. The minimum atomic E-state index is 0.580. The second-order valence-corrected chi connectivity index (χ2v) is 5.72. The van der Waals surface area contributed by atoms with Gasteiger partial charge in [0.15, 0.2) is 0 Å². The number of ether oxygens (including phenoxy) is 1. The zero-order chi connectivity index (χ0) is 13.9. The summed E-state index contributed by atoms with van der Waals surface area (Å²) in [7, 11) is 0. The van der Waals surface area contributed by atoms with E-state index in [9.17, 15) is 0 Å². The highest BCUT2D eigenvalue weighted by Crippen LogP contribution is 2.23. The molecule has 2 aliphatic rings. The molecule has 0 aliphatic carbocycles.